The fraction of sp³-hybridized carbons (Fsp3) is 0.0417. The van der Waals surface area contributed by atoms with Gasteiger partial charge in [-0.25, -0.2) is 9.29 Å². The van der Waals surface area contributed by atoms with Crippen LogP contribution in [-0.2, 0) is 9.59 Å². The number of imide groups is 1. The summed E-state index contributed by atoms with van der Waals surface area (Å²) in [4.78, 5) is 39.2. The summed E-state index contributed by atoms with van der Waals surface area (Å²) in [5.41, 5.74) is 1.22. The average molecular weight is 466 g/mol. The fourth-order valence-electron chi connectivity index (χ4n) is 3.26. The van der Waals surface area contributed by atoms with Crippen LogP contribution in [0.4, 0.5) is 21.5 Å². The third-order valence-corrected chi connectivity index (χ3v) is 5.20. The Morgan fingerprint density at radius 1 is 0.939 bits per heavy atom. The number of rotatable bonds is 6. The number of halogens is 2. The van der Waals surface area contributed by atoms with Gasteiger partial charge in [0, 0.05) is 16.9 Å². The summed E-state index contributed by atoms with van der Waals surface area (Å²) >= 11 is 6.19. The van der Waals surface area contributed by atoms with Gasteiger partial charge >= 0.3 is 0 Å². The van der Waals surface area contributed by atoms with Gasteiger partial charge in [0.1, 0.15) is 22.3 Å². The summed E-state index contributed by atoms with van der Waals surface area (Å²) in [6, 6.07) is 18.2. The van der Waals surface area contributed by atoms with Crippen molar-refractivity contribution < 1.29 is 23.5 Å². The van der Waals surface area contributed by atoms with E-state index in [-0.39, 0.29) is 22.0 Å². The molecule has 0 saturated carbocycles. The van der Waals surface area contributed by atoms with Crippen molar-refractivity contribution in [3.63, 3.8) is 0 Å². The summed E-state index contributed by atoms with van der Waals surface area (Å²) < 4.78 is 18.3. The molecule has 1 aliphatic rings. The molecule has 0 saturated heterocycles. The summed E-state index contributed by atoms with van der Waals surface area (Å²) in [5.74, 6) is -1.86. The minimum Gasteiger partial charge on any atom is -0.495 e. The second kappa shape index (κ2) is 9.13. The number of nitrogens with one attached hydrogen (secondary N) is 2. The highest BCUT2D eigenvalue weighted by Crippen LogP contribution is 2.35. The Labute approximate surface area is 193 Å². The summed E-state index contributed by atoms with van der Waals surface area (Å²) in [7, 11) is 1.43. The Kier molecular flexibility index (Phi) is 6.10. The molecule has 9 heteroatoms. The highest BCUT2D eigenvalue weighted by molar-refractivity contribution is 6.53. The van der Waals surface area contributed by atoms with E-state index in [1.165, 1.54) is 37.4 Å². The van der Waals surface area contributed by atoms with Crippen LogP contribution in [-0.4, -0.2) is 24.8 Å². The molecule has 0 atom stereocenters. The molecule has 0 fully saturated rings. The maximum atomic E-state index is 13.1. The zero-order chi connectivity index (χ0) is 23.5. The molecular weight excluding hydrogens is 449 g/mol. The molecular formula is C24H17ClFN3O4. The smallest absolute Gasteiger partial charge is 0.283 e. The Balaban J connectivity index is 1.55. The molecule has 166 valence electrons. The van der Waals surface area contributed by atoms with E-state index in [1.54, 1.807) is 42.5 Å². The molecule has 3 amide bonds. The fourth-order valence-corrected chi connectivity index (χ4v) is 3.48. The van der Waals surface area contributed by atoms with Gasteiger partial charge in [-0.05, 0) is 54.6 Å². The van der Waals surface area contributed by atoms with Crippen molar-refractivity contribution in [3.05, 3.63) is 94.9 Å². The number of benzene rings is 3. The lowest BCUT2D eigenvalue weighted by Gasteiger charge is -2.18. The van der Waals surface area contributed by atoms with E-state index in [0.29, 0.717) is 17.1 Å². The average Bonchev–Trinajstić information content (AvgIpc) is 3.03. The number of hydrogen-bond donors (Lipinski definition) is 2. The minimum atomic E-state index is -0.695. The normalized spacial score (nSPS) is 13.4. The Hall–Kier alpha value is -4.17. The van der Waals surface area contributed by atoms with Gasteiger partial charge in [0.15, 0.2) is 0 Å². The quantitative estimate of drug-likeness (QED) is 0.522. The lowest BCUT2D eigenvalue weighted by molar-refractivity contribution is -0.120. The van der Waals surface area contributed by atoms with Crippen LogP contribution in [0.5, 0.6) is 5.75 Å². The number of para-hydroxylation sites is 2. The van der Waals surface area contributed by atoms with Crippen LogP contribution in [0.25, 0.3) is 0 Å². The van der Waals surface area contributed by atoms with Crippen molar-refractivity contribution >= 4 is 46.4 Å². The first kappa shape index (κ1) is 22.0. The SMILES string of the molecule is COc1ccccc1N1C(=O)C(Cl)=C(Nc2cccc(C(=O)Nc3ccc(F)cc3)c2)C1=O. The van der Waals surface area contributed by atoms with Gasteiger partial charge in [-0.1, -0.05) is 29.8 Å². The maximum Gasteiger partial charge on any atom is 0.283 e. The van der Waals surface area contributed by atoms with Crippen molar-refractivity contribution in [3.8, 4) is 5.75 Å². The van der Waals surface area contributed by atoms with Crippen LogP contribution in [0.3, 0.4) is 0 Å². The lowest BCUT2D eigenvalue weighted by Crippen LogP contribution is -2.32. The molecule has 0 unspecified atom stereocenters. The molecule has 2 N–H and O–H groups in total. The second-order valence-corrected chi connectivity index (χ2v) is 7.35. The van der Waals surface area contributed by atoms with E-state index in [4.69, 9.17) is 16.3 Å². The molecule has 3 aromatic carbocycles. The number of carbonyl (C=O) groups is 3. The highest BCUT2D eigenvalue weighted by Gasteiger charge is 2.40. The van der Waals surface area contributed by atoms with Crippen LogP contribution >= 0.6 is 11.6 Å². The van der Waals surface area contributed by atoms with Gasteiger partial charge < -0.3 is 15.4 Å². The molecule has 7 nitrogen and oxygen atoms in total. The van der Waals surface area contributed by atoms with Crippen molar-refractivity contribution in [1.29, 1.82) is 0 Å². The van der Waals surface area contributed by atoms with Crippen LogP contribution in [0.15, 0.2) is 83.5 Å². The van der Waals surface area contributed by atoms with Gasteiger partial charge in [-0.2, -0.15) is 0 Å². The second-order valence-electron chi connectivity index (χ2n) is 6.97. The van der Waals surface area contributed by atoms with Crippen LogP contribution in [0.2, 0.25) is 0 Å². The van der Waals surface area contributed by atoms with Crippen LogP contribution in [0, 0.1) is 5.82 Å². The van der Waals surface area contributed by atoms with Crippen LogP contribution in [0.1, 0.15) is 10.4 Å². The molecule has 1 aliphatic heterocycles. The van der Waals surface area contributed by atoms with Gasteiger partial charge in [-0.3, -0.25) is 14.4 Å². The number of carbonyl (C=O) groups excluding carboxylic acids is 3. The molecule has 4 rings (SSSR count). The van der Waals surface area contributed by atoms with Gasteiger partial charge in [-0.15, -0.1) is 0 Å². The number of hydrogen-bond acceptors (Lipinski definition) is 5. The summed E-state index contributed by atoms with van der Waals surface area (Å²) in [5, 5.41) is 5.21. The number of methoxy groups -OCH3 is 1. The van der Waals surface area contributed by atoms with E-state index in [2.05, 4.69) is 10.6 Å². The van der Waals surface area contributed by atoms with Gasteiger partial charge in [0.05, 0.1) is 12.8 Å². The Bertz CT molecular complexity index is 1290. The first-order chi connectivity index (χ1) is 15.9. The van der Waals surface area contributed by atoms with Crippen molar-refractivity contribution in [2.45, 2.75) is 0 Å². The van der Waals surface area contributed by atoms with E-state index in [1.807, 2.05) is 0 Å². The lowest BCUT2D eigenvalue weighted by atomic mass is 10.1. The van der Waals surface area contributed by atoms with E-state index in [9.17, 15) is 18.8 Å². The van der Waals surface area contributed by atoms with E-state index < -0.39 is 23.5 Å². The van der Waals surface area contributed by atoms with E-state index in [0.717, 1.165) is 4.90 Å². The third kappa shape index (κ3) is 4.42. The number of nitrogens with zero attached hydrogens (tertiary/aromatic N) is 1. The number of amides is 3. The zero-order valence-corrected chi connectivity index (χ0v) is 18.0. The van der Waals surface area contributed by atoms with Gasteiger partial charge in [0.25, 0.3) is 17.7 Å². The molecule has 3 aromatic rings. The zero-order valence-electron chi connectivity index (χ0n) is 17.3. The molecule has 0 aliphatic carbocycles. The molecule has 1 heterocycles. The molecule has 0 bridgehead atoms. The molecule has 0 spiro atoms. The van der Waals surface area contributed by atoms with Crippen molar-refractivity contribution in [1.82, 2.24) is 0 Å². The minimum absolute atomic E-state index is 0.122. The summed E-state index contributed by atoms with van der Waals surface area (Å²) in [6.07, 6.45) is 0. The van der Waals surface area contributed by atoms with Crippen LogP contribution < -0.4 is 20.3 Å². The summed E-state index contributed by atoms with van der Waals surface area (Å²) in [6.45, 7) is 0. The molecule has 0 radical (unpaired) electrons. The van der Waals surface area contributed by atoms with E-state index >= 15 is 0 Å². The maximum absolute atomic E-state index is 13.1. The topological polar surface area (TPSA) is 87.7 Å². The Morgan fingerprint density at radius 3 is 2.39 bits per heavy atom. The first-order valence-corrected chi connectivity index (χ1v) is 10.1. The molecule has 0 aromatic heterocycles. The standard InChI is InChI=1S/C24H17ClFN3O4/c1-33-19-8-3-2-7-18(19)29-23(31)20(25)21(24(29)32)27-17-6-4-5-14(13-17)22(30)28-16-11-9-15(26)10-12-16/h2-13,27H,1H3,(H,28,30). The third-order valence-electron chi connectivity index (χ3n) is 4.85. The first-order valence-electron chi connectivity index (χ1n) is 9.74. The monoisotopic (exact) mass is 465 g/mol. The van der Waals surface area contributed by atoms with Crippen molar-refractivity contribution in [2.24, 2.45) is 0 Å². The largest absolute Gasteiger partial charge is 0.495 e. The predicted octanol–water partition coefficient (Wildman–Crippen LogP) is 4.52. The highest BCUT2D eigenvalue weighted by atomic mass is 35.5. The molecule has 33 heavy (non-hydrogen) atoms. The predicted molar refractivity (Wildman–Crippen MR) is 123 cm³/mol. The van der Waals surface area contributed by atoms with Crippen molar-refractivity contribution in [2.75, 3.05) is 22.6 Å². The van der Waals surface area contributed by atoms with Gasteiger partial charge in [0.2, 0.25) is 0 Å². The number of anilines is 3. The number of ether oxygens (including phenoxy) is 1. The Morgan fingerprint density at radius 2 is 1.67 bits per heavy atom.